The van der Waals surface area contributed by atoms with Gasteiger partial charge in [0.05, 0.1) is 5.56 Å². The quantitative estimate of drug-likeness (QED) is 0.787. The lowest BCUT2D eigenvalue weighted by Crippen LogP contribution is -2.39. The van der Waals surface area contributed by atoms with Crippen LogP contribution in [0, 0.1) is 25.2 Å². The van der Waals surface area contributed by atoms with Gasteiger partial charge in [-0.15, -0.1) is 0 Å². The SMILES string of the molecule is Cc1cc(C(=O)NNC2=CC(C)(C)C[C@H](C)C2)c(C)n1-c1ccccc1. The van der Waals surface area contributed by atoms with E-state index in [1.807, 2.05) is 38.1 Å². The van der Waals surface area contributed by atoms with Gasteiger partial charge in [0.2, 0.25) is 0 Å². The van der Waals surface area contributed by atoms with E-state index in [0.717, 1.165) is 29.2 Å². The van der Waals surface area contributed by atoms with Gasteiger partial charge >= 0.3 is 0 Å². The molecule has 1 atom stereocenters. The number of nitrogens with zero attached hydrogens (tertiary/aromatic N) is 1. The van der Waals surface area contributed by atoms with Crippen molar-refractivity contribution < 1.29 is 4.79 Å². The van der Waals surface area contributed by atoms with Crippen LogP contribution in [0.4, 0.5) is 0 Å². The number of amides is 1. The molecule has 0 radical (unpaired) electrons. The van der Waals surface area contributed by atoms with Crippen LogP contribution in [0.1, 0.15) is 55.4 Å². The van der Waals surface area contributed by atoms with Crippen LogP contribution < -0.4 is 10.9 Å². The molecule has 4 heteroatoms. The number of nitrogens with one attached hydrogen (secondary N) is 2. The van der Waals surface area contributed by atoms with E-state index in [1.54, 1.807) is 0 Å². The number of rotatable bonds is 4. The van der Waals surface area contributed by atoms with Gasteiger partial charge in [0.25, 0.3) is 5.91 Å². The predicted molar refractivity (Wildman–Crippen MR) is 106 cm³/mol. The summed E-state index contributed by atoms with van der Waals surface area (Å²) in [5.41, 5.74) is 11.1. The van der Waals surface area contributed by atoms with Crippen molar-refractivity contribution in [2.75, 3.05) is 0 Å². The Morgan fingerprint density at radius 2 is 1.88 bits per heavy atom. The van der Waals surface area contributed by atoms with Gasteiger partial charge in [0, 0.05) is 22.8 Å². The number of benzene rings is 1. The largest absolute Gasteiger partial charge is 0.318 e. The van der Waals surface area contributed by atoms with Crippen LogP contribution in [-0.2, 0) is 0 Å². The van der Waals surface area contributed by atoms with Gasteiger partial charge < -0.3 is 9.99 Å². The van der Waals surface area contributed by atoms with Crippen LogP contribution >= 0.6 is 0 Å². The third kappa shape index (κ3) is 3.85. The molecule has 138 valence electrons. The Bertz CT molecular complexity index is 831. The van der Waals surface area contributed by atoms with E-state index < -0.39 is 0 Å². The summed E-state index contributed by atoms with van der Waals surface area (Å²) in [6, 6.07) is 12.1. The lowest BCUT2D eigenvalue weighted by Gasteiger charge is -2.32. The molecular weight excluding hydrogens is 322 g/mol. The molecule has 0 fully saturated rings. The van der Waals surface area contributed by atoms with E-state index in [-0.39, 0.29) is 11.3 Å². The summed E-state index contributed by atoms with van der Waals surface area (Å²) < 4.78 is 2.11. The molecule has 0 saturated heterocycles. The van der Waals surface area contributed by atoms with Crippen LogP contribution in [0.5, 0.6) is 0 Å². The molecular formula is C22H29N3O. The summed E-state index contributed by atoms with van der Waals surface area (Å²) in [4.78, 5) is 12.7. The molecule has 1 heterocycles. The van der Waals surface area contributed by atoms with E-state index in [4.69, 9.17) is 0 Å². The zero-order valence-electron chi connectivity index (χ0n) is 16.4. The first-order valence-corrected chi connectivity index (χ1v) is 9.29. The molecule has 0 unspecified atom stereocenters. The molecule has 1 amide bonds. The van der Waals surface area contributed by atoms with Crippen LogP contribution in [0.15, 0.2) is 48.2 Å². The van der Waals surface area contributed by atoms with E-state index in [9.17, 15) is 4.79 Å². The molecule has 0 spiro atoms. The van der Waals surface area contributed by atoms with Gasteiger partial charge in [-0.2, -0.15) is 0 Å². The maximum absolute atomic E-state index is 12.7. The van der Waals surface area contributed by atoms with Gasteiger partial charge in [-0.25, -0.2) is 0 Å². The zero-order chi connectivity index (χ0) is 18.9. The number of carbonyl (C=O) groups excluding carboxylic acids is 1. The molecule has 4 nitrogen and oxygen atoms in total. The summed E-state index contributed by atoms with van der Waals surface area (Å²) in [5, 5.41) is 0. The van der Waals surface area contributed by atoms with Crippen molar-refractivity contribution in [3.05, 3.63) is 65.1 Å². The van der Waals surface area contributed by atoms with Crippen LogP contribution in [-0.4, -0.2) is 10.5 Å². The Morgan fingerprint density at radius 3 is 2.54 bits per heavy atom. The number of hydrazine groups is 1. The average Bonchev–Trinajstić information content (AvgIpc) is 2.86. The molecule has 0 aliphatic heterocycles. The number of carbonyl (C=O) groups is 1. The van der Waals surface area contributed by atoms with Crippen molar-refractivity contribution in [2.45, 2.75) is 47.5 Å². The molecule has 2 N–H and O–H groups in total. The Kier molecular flexibility index (Phi) is 4.94. The van der Waals surface area contributed by atoms with Crippen molar-refractivity contribution >= 4 is 5.91 Å². The number of aryl methyl sites for hydroxylation is 1. The summed E-state index contributed by atoms with van der Waals surface area (Å²) in [5.74, 6) is 0.509. The van der Waals surface area contributed by atoms with Crippen molar-refractivity contribution in [3.63, 3.8) is 0 Å². The minimum Gasteiger partial charge on any atom is -0.318 e. The first-order valence-electron chi connectivity index (χ1n) is 9.29. The third-order valence-corrected chi connectivity index (χ3v) is 5.03. The van der Waals surface area contributed by atoms with Crippen molar-refractivity contribution in [1.29, 1.82) is 0 Å². The summed E-state index contributed by atoms with van der Waals surface area (Å²) >= 11 is 0. The fraction of sp³-hybridized carbons (Fsp3) is 0.409. The van der Waals surface area contributed by atoms with Gasteiger partial charge in [-0.1, -0.05) is 45.0 Å². The second-order valence-corrected chi connectivity index (χ2v) is 8.21. The Balaban J connectivity index is 1.76. The summed E-state index contributed by atoms with van der Waals surface area (Å²) in [6.45, 7) is 10.7. The third-order valence-electron chi connectivity index (χ3n) is 5.03. The second kappa shape index (κ2) is 7.02. The highest BCUT2D eigenvalue weighted by atomic mass is 16.2. The number of hydrogen-bond acceptors (Lipinski definition) is 2. The molecule has 1 aromatic carbocycles. The standard InChI is InChI=1S/C22H29N3O/c1-15-11-18(14-22(4,5)13-15)23-24-21(26)20-12-16(2)25(17(20)3)19-9-7-6-8-10-19/h6-10,12,14-15,23H,11,13H2,1-5H3,(H,24,26)/t15-/m1/s1. The lowest BCUT2D eigenvalue weighted by molar-refractivity contribution is 0.0935. The minimum absolute atomic E-state index is 0.0998. The number of hydrogen-bond donors (Lipinski definition) is 2. The first-order chi connectivity index (χ1) is 12.3. The topological polar surface area (TPSA) is 46.1 Å². The fourth-order valence-electron chi connectivity index (χ4n) is 4.19. The fourth-order valence-corrected chi connectivity index (χ4v) is 4.19. The second-order valence-electron chi connectivity index (χ2n) is 8.21. The summed E-state index contributed by atoms with van der Waals surface area (Å²) in [7, 11) is 0. The molecule has 1 aliphatic rings. The average molecular weight is 351 g/mol. The highest BCUT2D eigenvalue weighted by molar-refractivity contribution is 5.95. The van der Waals surface area contributed by atoms with E-state index >= 15 is 0 Å². The van der Waals surface area contributed by atoms with Gasteiger partial charge in [0.15, 0.2) is 0 Å². The van der Waals surface area contributed by atoms with Crippen LogP contribution in [0.3, 0.4) is 0 Å². The Hall–Kier alpha value is -2.49. The maximum atomic E-state index is 12.7. The number of para-hydroxylation sites is 1. The summed E-state index contributed by atoms with van der Waals surface area (Å²) in [6.07, 6.45) is 4.37. The highest BCUT2D eigenvalue weighted by Gasteiger charge is 2.25. The highest BCUT2D eigenvalue weighted by Crippen LogP contribution is 2.35. The molecule has 0 bridgehead atoms. The minimum atomic E-state index is -0.0998. The van der Waals surface area contributed by atoms with E-state index in [1.165, 1.54) is 6.42 Å². The molecule has 3 rings (SSSR count). The number of aromatic nitrogens is 1. The molecule has 1 aromatic heterocycles. The smallest absolute Gasteiger partial charge is 0.271 e. The lowest BCUT2D eigenvalue weighted by atomic mass is 9.76. The molecule has 0 saturated carbocycles. The van der Waals surface area contributed by atoms with Crippen molar-refractivity contribution in [1.82, 2.24) is 15.4 Å². The first kappa shape index (κ1) is 18.3. The van der Waals surface area contributed by atoms with E-state index in [0.29, 0.717) is 11.5 Å². The number of allylic oxidation sites excluding steroid dienone is 2. The molecule has 1 aliphatic carbocycles. The monoisotopic (exact) mass is 351 g/mol. The van der Waals surface area contributed by atoms with Gasteiger partial charge in [-0.3, -0.25) is 10.2 Å². The zero-order valence-corrected chi connectivity index (χ0v) is 16.4. The maximum Gasteiger partial charge on any atom is 0.271 e. The van der Waals surface area contributed by atoms with Crippen molar-refractivity contribution in [2.24, 2.45) is 11.3 Å². The normalized spacial score (nSPS) is 19.0. The molecule has 2 aromatic rings. The van der Waals surface area contributed by atoms with Gasteiger partial charge in [0.1, 0.15) is 0 Å². The Labute approximate surface area is 156 Å². The predicted octanol–water partition coefficient (Wildman–Crippen LogP) is 4.67. The van der Waals surface area contributed by atoms with Crippen LogP contribution in [0.2, 0.25) is 0 Å². The van der Waals surface area contributed by atoms with Crippen molar-refractivity contribution in [3.8, 4) is 5.69 Å². The van der Waals surface area contributed by atoms with Crippen LogP contribution in [0.25, 0.3) is 5.69 Å². The van der Waals surface area contributed by atoms with Gasteiger partial charge in [-0.05, 0) is 56.2 Å². The Morgan fingerprint density at radius 1 is 1.19 bits per heavy atom. The van der Waals surface area contributed by atoms with E-state index in [2.05, 4.69) is 54.4 Å². The molecule has 26 heavy (non-hydrogen) atoms.